The first-order chi connectivity index (χ1) is 15.3. The van der Waals surface area contributed by atoms with E-state index in [0.717, 1.165) is 55.0 Å². The number of carbonyl (C=O) groups excluding carboxylic acids is 1. The molecule has 0 unspecified atom stereocenters. The van der Waals surface area contributed by atoms with Crippen LogP contribution >= 0.6 is 0 Å². The minimum atomic E-state index is -0.202. The zero-order chi connectivity index (χ0) is 21.0. The second-order valence-corrected chi connectivity index (χ2v) is 7.61. The van der Waals surface area contributed by atoms with Gasteiger partial charge in [-0.25, -0.2) is 4.98 Å². The molecule has 0 bridgehead atoms. The summed E-state index contributed by atoms with van der Waals surface area (Å²) in [4.78, 5) is 26.6. The summed E-state index contributed by atoms with van der Waals surface area (Å²) in [6.07, 6.45) is 6.82. The third kappa shape index (κ3) is 4.33. The Labute approximate surface area is 180 Å². The number of rotatable bonds is 5. The van der Waals surface area contributed by atoms with Crippen LogP contribution in [0.25, 0.3) is 22.2 Å². The number of hydrogen-bond acceptors (Lipinski definition) is 5. The Hall–Kier alpha value is -3.55. The van der Waals surface area contributed by atoms with Gasteiger partial charge in [0.1, 0.15) is 5.65 Å². The maximum absolute atomic E-state index is 12.5. The lowest BCUT2D eigenvalue weighted by Crippen LogP contribution is -2.35. The normalized spacial score (nSPS) is 14.6. The van der Waals surface area contributed by atoms with Crippen LogP contribution in [0.4, 0.5) is 5.69 Å². The molecule has 1 amide bonds. The number of morpholine rings is 1. The van der Waals surface area contributed by atoms with Gasteiger partial charge in [0.2, 0.25) is 0 Å². The van der Waals surface area contributed by atoms with Gasteiger partial charge in [-0.15, -0.1) is 0 Å². The smallest absolute Gasteiger partial charge is 0.257 e. The Balaban J connectivity index is 1.40. The predicted octanol–water partition coefficient (Wildman–Crippen LogP) is 3.71. The molecule has 1 aliphatic rings. The van der Waals surface area contributed by atoms with Crippen molar-refractivity contribution in [2.24, 2.45) is 0 Å². The summed E-state index contributed by atoms with van der Waals surface area (Å²) < 4.78 is 5.44. The van der Waals surface area contributed by atoms with Crippen molar-refractivity contribution in [3.8, 4) is 11.1 Å². The Bertz CT molecular complexity index is 1200. The van der Waals surface area contributed by atoms with Crippen molar-refractivity contribution in [1.29, 1.82) is 0 Å². The van der Waals surface area contributed by atoms with E-state index in [1.807, 2.05) is 6.20 Å². The van der Waals surface area contributed by atoms with Crippen LogP contribution in [0, 0.1) is 0 Å². The van der Waals surface area contributed by atoms with Crippen LogP contribution in [-0.4, -0.2) is 52.1 Å². The van der Waals surface area contributed by atoms with E-state index in [1.54, 1.807) is 30.7 Å². The van der Waals surface area contributed by atoms with E-state index < -0.39 is 0 Å². The van der Waals surface area contributed by atoms with Gasteiger partial charge in [0.25, 0.3) is 5.91 Å². The monoisotopic (exact) mass is 413 g/mol. The molecule has 0 atom stereocenters. The van der Waals surface area contributed by atoms with Crippen LogP contribution in [0.15, 0.2) is 67.3 Å². The minimum Gasteiger partial charge on any atom is -0.379 e. The molecule has 7 heteroatoms. The average molecular weight is 413 g/mol. The third-order valence-electron chi connectivity index (χ3n) is 5.47. The van der Waals surface area contributed by atoms with Crippen molar-refractivity contribution in [3.63, 3.8) is 0 Å². The van der Waals surface area contributed by atoms with Crippen molar-refractivity contribution in [2.45, 2.75) is 6.54 Å². The minimum absolute atomic E-state index is 0.202. The summed E-state index contributed by atoms with van der Waals surface area (Å²) in [5.74, 6) is -0.202. The number of nitrogens with one attached hydrogen (secondary N) is 2. The number of H-pyrrole nitrogens is 1. The molecular formula is C24H23N5O2. The van der Waals surface area contributed by atoms with Crippen molar-refractivity contribution >= 4 is 22.6 Å². The number of aromatic amines is 1. The SMILES string of the molecule is O=C(Nc1c[nH]c2ncc(-c3cccc(CN4CCOCC4)c3)cc12)c1cccnc1. The second-order valence-electron chi connectivity index (χ2n) is 7.61. The zero-order valence-electron chi connectivity index (χ0n) is 17.0. The lowest BCUT2D eigenvalue weighted by molar-refractivity contribution is 0.0342. The van der Waals surface area contributed by atoms with Crippen LogP contribution in [0.1, 0.15) is 15.9 Å². The molecule has 1 saturated heterocycles. The van der Waals surface area contributed by atoms with Crippen LogP contribution in [0.3, 0.4) is 0 Å². The van der Waals surface area contributed by atoms with Crippen molar-refractivity contribution in [1.82, 2.24) is 19.9 Å². The number of hydrogen-bond donors (Lipinski definition) is 2. The van der Waals surface area contributed by atoms with Gasteiger partial charge in [-0.2, -0.15) is 0 Å². The number of aromatic nitrogens is 3. The van der Waals surface area contributed by atoms with Crippen molar-refractivity contribution in [2.75, 3.05) is 31.6 Å². The lowest BCUT2D eigenvalue weighted by atomic mass is 10.0. The number of ether oxygens (including phenoxy) is 1. The maximum Gasteiger partial charge on any atom is 0.257 e. The van der Waals surface area contributed by atoms with E-state index in [2.05, 4.69) is 55.5 Å². The van der Waals surface area contributed by atoms with E-state index >= 15 is 0 Å². The Morgan fingerprint density at radius 2 is 2.00 bits per heavy atom. The van der Waals surface area contributed by atoms with E-state index in [-0.39, 0.29) is 5.91 Å². The number of anilines is 1. The van der Waals surface area contributed by atoms with Gasteiger partial charge in [-0.3, -0.25) is 14.7 Å². The molecule has 0 aliphatic carbocycles. The summed E-state index contributed by atoms with van der Waals surface area (Å²) in [7, 11) is 0. The number of fused-ring (bicyclic) bond motifs is 1. The molecule has 0 saturated carbocycles. The predicted molar refractivity (Wildman–Crippen MR) is 120 cm³/mol. The summed E-state index contributed by atoms with van der Waals surface area (Å²) in [5, 5.41) is 3.83. The van der Waals surface area contributed by atoms with Gasteiger partial charge in [0, 0.05) is 55.4 Å². The molecule has 1 aromatic carbocycles. The molecule has 4 aromatic rings. The highest BCUT2D eigenvalue weighted by Gasteiger charge is 2.13. The fraction of sp³-hybridized carbons (Fsp3) is 0.208. The third-order valence-corrected chi connectivity index (χ3v) is 5.47. The van der Waals surface area contributed by atoms with Gasteiger partial charge < -0.3 is 15.0 Å². The van der Waals surface area contributed by atoms with Gasteiger partial charge in [-0.05, 0) is 35.4 Å². The molecule has 1 aliphatic heterocycles. The van der Waals surface area contributed by atoms with Gasteiger partial charge in [0.15, 0.2) is 0 Å². The van der Waals surface area contributed by atoms with Crippen LogP contribution in [-0.2, 0) is 11.3 Å². The zero-order valence-corrected chi connectivity index (χ0v) is 17.0. The molecule has 156 valence electrons. The molecular weight excluding hydrogens is 390 g/mol. The van der Waals surface area contributed by atoms with Crippen molar-refractivity contribution < 1.29 is 9.53 Å². The number of pyridine rings is 2. The molecule has 0 radical (unpaired) electrons. The average Bonchev–Trinajstić information content (AvgIpc) is 3.22. The first-order valence-corrected chi connectivity index (χ1v) is 10.3. The fourth-order valence-electron chi connectivity index (χ4n) is 3.82. The number of carbonyl (C=O) groups is 1. The first kappa shape index (κ1) is 19.4. The topological polar surface area (TPSA) is 83.1 Å². The summed E-state index contributed by atoms with van der Waals surface area (Å²) in [5.41, 5.74) is 5.31. The largest absolute Gasteiger partial charge is 0.379 e. The molecule has 2 N–H and O–H groups in total. The lowest BCUT2D eigenvalue weighted by Gasteiger charge is -2.26. The molecule has 3 aromatic heterocycles. The molecule has 4 heterocycles. The summed E-state index contributed by atoms with van der Waals surface area (Å²) in [6.45, 7) is 4.41. The van der Waals surface area contributed by atoms with Gasteiger partial charge in [0.05, 0.1) is 24.5 Å². The van der Waals surface area contributed by atoms with Crippen LogP contribution in [0.5, 0.6) is 0 Å². The van der Waals surface area contributed by atoms with Crippen molar-refractivity contribution in [3.05, 3.63) is 78.4 Å². The Kier molecular flexibility index (Phi) is 5.43. The van der Waals surface area contributed by atoms with Gasteiger partial charge >= 0.3 is 0 Å². The van der Waals surface area contributed by atoms with Crippen LogP contribution in [0.2, 0.25) is 0 Å². The molecule has 31 heavy (non-hydrogen) atoms. The van der Waals surface area contributed by atoms with E-state index in [1.165, 1.54) is 5.56 Å². The Morgan fingerprint density at radius 1 is 1.10 bits per heavy atom. The number of benzene rings is 1. The van der Waals surface area contributed by atoms with E-state index in [4.69, 9.17) is 4.74 Å². The van der Waals surface area contributed by atoms with Gasteiger partial charge in [-0.1, -0.05) is 18.2 Å². The number of nitrogens with zero attached hydrogens (tertiary/aromatic N) is 3. The standard InChI is InChI=1S/C24H23N5O2/c30-24(19-5-2-6-25-13-19)28-22-15-27-23-21(22)12-20(14-26-23)18-4-1-3-17(11-18)16-29-7-9-31-10-8-29/h1-6,11-15H,7-10,16H2,(H,26,27)(H,28,30). The molecule has 7 nitrogen and oxygen atoms in total. The highest BCUT2D eigenvalue weighted by molar-refractivity contribution is 6.08. The summed E-state index contributed by atoms with van der Waals surface area (Å²) >= 11 is 0. The van der Waals surface area contributed by atoms with E-state index in [9.17, 15) is 4.79 Å². The Morgan fingerprint density at radius 3 is 2.84 bits per heavy atom. The van der Waals surface area contributed by atoms with Crippen LogP contribution < -0.4 is 5.32 Å². The number of amides is 1. The quantitative estimate of drug-likeness (QED) is 0.521. The second kappa shape index (κ2) is 8.67. The molecule has 5 rings (SSSR count). The molecule has 1 fully saturated rings. The summed E-state index contributed by atoms with van der Waals surface area (Å²) in [6, 6.07) is 14.1. The first-order valence-electron chi connectivity index (χ1n) is 10.3. The highest BCUT2D eigenvalue weighted by atomic mass is 16.5. The fourth-order valence-corrected chi connectivity index (χ4v) is 3.82. The molecule has 0 spiro atoms. The maximum atomic E-state index is 12.5. The van der Waals surface area contributed by atoms with E-state index in [0.29, 0.717) is 11.3 Å². The highest BCUT2D eigenvalue weighted by Crippen LogP contribution is 2.28.